The molecule has 1 aromatic heterocycles. The molecule has 1 atom stereocenters. The molecular formula is C18H19ClF3N3OS. The molecule has 3 rings (SSSR count). The predicted octanol–water partition coefficient (Wildman–Crippen LogP) is 5.43. The summed E-state index contributed by atoms with van der Waals surface area (Å²) in [6, 6.07) is 4.19. The Labute approximate surface area is 164 Å². The minimum atomic E-state index is -4.55. The summed E-state index contributed by atoms with van der Waals surface area (Å²) in [6.07, 6.45) is -2.37. The standard InChI is InChI=1S/C18H19ClF3N3OS/c1-10-4-3-7-25(10)9-15-16(24-17(27-15)23-11(2)26)12-5-6-14(19)13(8-12)18(20,21)22/h5-6,8,10H,3-4,7,9H2,1-2H3,(H,23,24,26)/t10-/m1/s1. The molecule has 1 aliphatic rings. The van der Waals surface area contributed by atoms with Crippen LogP contribution in [0.1, 0.15) is 37.1 Å². The summed E-state index contributed by atoms with van der Waals surface area (Å²) in [7, 11) is 0. The number of anilines is 1. The Kier molecular flexibility index (Phi) is 5.79. The van der Waals surface area contributed by atoms with E-state index in [1.54, 1.807) is 0 Å². The Morgan fingerprint density at radius 1 is 1.44 bits per heavy atom. The summed E-state index contributed by atoms with van der Waals surface area (Å²) in [4.78, 5) is 18.9. The predicted molar refractivity (Wildman–Crippen MR) is 101 cm³/mol. The van der Waals surface area contributed by atoms with Crippen LogP contribution >= 0.6 is 22.9 Å². The van der Waals surface area contributed by atoms with Crippen LogP contribution in [0.5, 0.6) is 0 Å². The van der Waals surface area contributed by atoms with Gasteiger partial charge in [0.25, 0.3) is 0 Å². The molecule has 1 fully saturated rings. The second kappa shape index (κ2) is 7.77. The number of aromatic nitrogens is 1. The molecule has 0 radical (unpaired) electrons. The zero-order valence-corrected chi connectivity index (χ0v) is 16.4. The first-order valence-corrected chi connectivity index (χ1v) is 9.73. The van der Waals surface area contributed by atoms with Crippen LogP contribution in [0.2, 0.25) is 5.02 Å². The van der Waals surface area contributed by atoms with Crippen molar-refractivity contribution in [1.82, 2.24) is 9.88 Å². The molecule has 1 aliphatic heterocycles. The Morgan fingerprint density at radius 3 is 2.78 bits per heavy atom. The molecule has 0 unspecified atom stereocenters. The fourth-order valence-electron chi connectivity index (χ4n) is 3.19. The number of hydrogen-bond acceptors (Lipinski definition) is 4. The first-order valence-electron chi connectivity index (χ1n) is 8.53. The van der Waals surface area contributed by atoms with Crippen LogP contribution < -0.4 is 5.32 Å². The average molecular weight is 418 g/mol. The number of nitrogens with one attached hydrogen (secondary N) is 1. The lowest BCUT2D eigenvalue weighted by molar-refractivity contribution is -0.137. The van der Waals surface area contributed by atoms with Crippen molar-refractivity contribution in [3.8, 4) is 11.3 Å². The maximum atomic E-state index is 13.2. The summed E-state index contributed by atoms with van der Waals surface area (Å²) < 4.78 is 39.7. The number of carbonyl (C=O) groups excluding carboxylic acids is 1. The van der Waals surface area contributed by atoms with Crippen molar-refractivity contribution in [3.63, 3.8) is 0 Å². The molecule has 0 saturated carbocycles. The molecule has 2 heterocycles. The zero-order chi connectivity index (χ0) is 19.8. The minimum absolute atomic E-state index is 0.275. The first kappa shape index (κ1) is 20.1. The summed E-state index contributed by atoms with van der Waals surface area (Å²) in [5.74, 6) is -0.275. The van der Waals surface area contributed by atoms with Crippen LogP contribution in [-0.4, -0.2) is 28.4 Å². The SMILES string of the molecule is CC(=O)Nc1nc(-c2ccc(Cl)c(C(F)(F)F)c2)c(CN2CCC[C@H]2C)s1. The second-order valence-corrected chi connectivity index (χ2v) is 8.12. The van der Waals surface area contributed by atoms with Crippen LogP contribution in [0.4, 0.5) is 18.3 Å². The molecule has 4 nitrogen and oxygen atoms in total. The average Bonchev–Trinajstić information content (AvgIpc) is 3.13. The third kappa shape index (κ3) is 4.62. The molecule has 1 amide bonds. The number of rotatable bonds is 4. The van der Waals surface area contributed by atoms with Gasteiger partial charge in [-0.25, -0.2) is 4.98 Å². The Balaban J connectivity index is 2.02. The van der Waals surface area contributed by atoms with E-state index in [-0.39, 0.29) is 10.9 Å². The topological polar surface area (TPSA) is 45.2 Å². The molecule has 9 heteroatoms. The van der Waals surface area contributed by atoms with E-state index in [9.17, 15) is 18.0 Å². The number of likely N-dealkylation sites (tertiary alicyclic amines) is 1. The first-order chi connectivity index (χ1) is 12.6. The highest BCUT2D eigenvalue weighted by Gasteiger charge is 2.34. The van der Waals surface area contributed by atoms with Crippen LogP contribution in [0.15, 0.2) is 18.2 Å². The van der Waals surface area contributed by atoms with Crippen LogP contribution in [0.3, 0.4) is 0 Å². The lowest BCUT2D eigenvalue weighted by atomic mass is 10.1. The molecule has 146 valence electrons. The van der Waals surface area contributed by atoms with Crippen molar-refractivity contribution in [1.29, 1.82) is 0 Å². The summed E-state index contributed by atoms with van der Waals surface area (Å²) in [5, 5.41) is 2.66. The summed E-state index contributed by atoms with van der Waals surface area (Å²) in [5.41, 5.74) is -0.109. The van der Waals surface area contributed by atoms with Gasteiger partial charge in [0.2, 0.25) is 5.91 Å². The van der Waals surface area contributed by atoms with E-state index in [2.05, 4.69) is 22.1 Å². The second-order valence-electron chi connectivity index (χ2n) is 6.63. The van der Waals surface area contributed by atoms with Crippen LogP contribution in [-0.2, 0) is 17.5 Å². The highest BCUT2D eigenvalue weighted by atomic mass is 35.5. The number of alkyl halides is 3. The molecule has 0 spiro atoms. The largest absolute Gasteiger partial charge is 0.417 e. The third-order valence-corrected chi connectivity index (χ3v) is 5.85. The monoisotopic (exact) mass is 417 g/mol. The van der Waals surface area contributed by atoms with E-state index < -0.39 is 11.7 Å². The summed E-state index contributed by atoms with van der Waals surface area (Å²) in [6.45, 7) is 5.01. The minimum Gasteiger partial charge on any atom is -0.302 e. The molecule has 2 aromatic rings. The van der Waals surface area contributed by atoms with E-state index >= 15 is 0 Å². The molecule has 1 N–H and O–H groups in total. The van der Waals surface area contributed by atoms with Gasteiger partial charge in [-0.15, -0.1) is 0 Å². The number of benzene rings is 1. The van der Waals surface area contributed by atoms with Crippen molar-refractivity contribution < 1.29 is 18.0 Å². The molecule has 0 bridgehead atoms. The van der Waals surface area contributed by atoms with E-state index in [4.69, 9.17) is 11.6 Å². The maximum Gasteiger partial charge on any atom is 0.417 e. The Hall–Kier alpha value is -1.64. The smallest absolute Gasteiger partial charge is 0.302 e. The van der Waals surface area contributed by atoms with Gasteiger partial charge in [-0.3, -0.25) is 9.69 Å². The number of carbonyl (C=O) groups is 1. The third-order valence-electron chi connectivity index (χ3n) is 4.56. The van der Waals surface area contributed by atoms with Gasteiger partial charge in [-0.1, -0.05) is 29.0 Å². The highest BCUT2D eigenvalue weighted by molar-refractivity contribution is 7.16. The van der Waals surface area contributed by atoms with Crippen molar-refractivity contribution in [2.45, 2.75) is 45.5 Å². The van der Waals surface area contributed by atoms with Crippen LogP contribution in [0.25, 0.3) is 11.3 Å². The normalized spacial score (nSPS) is 18.1. The van der Waals surface area contributed by atoms with Gasteiger partial charge >= 0.3 is 6.18 Å². The number of hydrogen-bond donors (Lipinski definition) is 1. The van der Waals surface area contributed by atoms with Gasteiger partial charge in [0.15, 0.2) is 5.13 Å². The fourth-order valence-corrected chi connectivity index (χ4v) is 4.47. The van der Waals surface area contributed by atoms with Crippen LogP contribution in [0, 0.1) is 0 Å². The summed E-state index contributed by atoms with van der Waals surface area (Å²) >= 11 is 7.03. The Bertz CT molecular complexity index is 853. The number of thiazole rings is 1. The van der Waals surface area contributed by atoms with E-state index in [1.165, 1.54) is 30.4 Å². The van der Waals surface area contributed by atoms with E-state index in [0.29, 0.717) is 29.0 Å². The van der Waals surface area contributed by atoms with Gasteiger partial charge in [-0.05, 0) is 38.4 Å². The molecule has 0 aliphatic carbocycles. The zero-order valence-electron chi connectivity index (χ0n) is 14.9. The van der Waals surface area contributed by atoms with Gasteiger partial charge in [0, 0.05) is 30.0 Å². The molecule has 1 saturated heterocycles. The van der Waals surface area contributed by atoms with Crippen molar-refractivity contribution in [2.75, 3.05) is 11.9 Å². The number of amides is 1. The Morgan fingerprint density at radius 2 is 2.19 bits per heavy atom. The van der Waals surface area contributed by atoms with Crippen molar-refractivity contribution in [3.05, 3.63) is 33.7 Å². The van der Waals surface area contributed by atoms with Gasteiger partial charge < -0.3 is 5.32 Å². The number of nitrogens with zero attached hydrogens (tertiary/aromatic N) is 2. The maximum absolute atomic E-state index is 13.2. The lowest BCUT2D eigenvalue weighted by Crippen LogP contribution is -2.25. The highest BCUT2D eigenvalue weighted by Crippen LogP contribution is 2.39. The van der Waals surface area contributed by atoms with Gasteiger partial charge in [-0.2, -0.15) is 13.2 Å². The molecule has 27 heavy (non-hydrogen) atoms. The van der Waals surface area contributed by atoms with E-state index in [1.807, 2.05) is 0 Å². The van der Waals surface area contributed by atoms with Gasteiger partial charge in [0.05, 0.1) is 16.3 Å². The molecular weight excluding hydrogens is 399 g/mol. The molecule has 1 aromatic carbocycles. The van der Waals surface area contributed by atoms with Crippen molar-refractivity contribution >= 4 is 34.0 Å². The van der Waals surface area contributed by atoms with Crippen molar-refractivity contribution in [2.24, 2.45) is 0 Å². The fraction of sp³-hybridized carbons (Fsp3) is 0.444. The van der Waals surface area contributed by atoms with Gasteiger partial charge in [0.1, 0.15) is 0 Å². The lowest BCUT2D eigenvalue weighted by Gasteiger charge is -2.20. The quantitative estimate of drug-likeness (QED) is 0.721. The van der Waals surface area contributed by atoms with E-state index in [0.717, 1.165) is 30.3 Å². The number of halogens is 4.